The van der Waals surface area contributed by atoms with E-state index in [9.17, 15) is 13.2 Å². The van der Waals surface area contributed by atoms with Crippen LogP contribution >= 0.6 is 11.3 Å². The van der Waals surface area contributed by atoms with Gasteiger partial charge in [0, 0.05) is 12.5 Å². The number of aryl methyl sites for hydroxylation is 1. The summed E-state index contributed by atoms with van der Waals surface area (Å²) in [6.45, 7) is 0.449. The van der Waals surface area contributed by atoms with Crippen LogP contribution in [-0.4, -0.2) is 20.9 Å². The van der Waals surface area contributed by atoms with E-state index in [2.05, 4.69) is 28.2 Å². The number of benzene rings is 1. The number of carbonyl (C=O) groups excluding carboxylic acids is 1. The Morgan fingerprint density at radius 3 is 2.59 bits per heavy atom. The van der Waals surface area contributed by atoms with Crippen LogP contribution in [0.1, 0.15) is 55.7 Å². The van der Waals surface area contributed by atoms with Crippen molar-refractivity contribution < 1.29 is 13.2 Å². The molecule has 2 N–H and O–H groups in total. The summed E-state index contributed by atoms with van der Waals surface area (Å²) < 4.78 is 27.6. The topological polar surface area (TPSA) is 75.3 Å². The molecule has 156 valence electrons. The molecular weight excluding hydrogens is 404 g/mol. The Labute approximate surface area is 177 Å². The van der Waals surface area contributed by atoms with Gasteiger partial charge in [-0.05, 0) is 73.4 Å². The lowest BCUT2D eigenvalue weighted by atomic mass is 9.81. The summed E-state index contributed by atoms with van der Waals surface area (Å²) in [6, 6.07) is 11.9. The van der Waals surface area contributed by atoms with Gasteiger partial charge >= 0.3 is 0 Å². The van der Waals surface area contributed by atoms with E-state index < -0.39 is 10.0 Å². The van der Waals surface area contributed by atoms with E-state index >= 15 is 0 Å². The summed E-state index contributed by atoms with van der Waals surface area (Å²) in [6.07, 6.45) is 6.62. The van der Waals surface area contributed by atoms with Crippen molar-refractivity contribution in [3.8, 4) is 0 Å². The first kappa shape index (κ1) is 20.6. The average Bonchev–Trinajstić information content (AvgIpc) is 3.29. The number of sulfonamides is 1. The zero-order valence-corrected chi connectivity index (χ0v) is 18.1. The molecule has 29 heavy (non-hydrogen) atoms. The van der Waals surface area contributed by atoms with Gasteiger partial charge in [-0.1, -0.05) is 30.3 Å². The minimum absolute atomic E-state index is 0.0363. The number of nitrogens with one attached hydrogen (secondary N) is 2. The number of hydrogen-bond donors (Lipinski definition) is 2. The molecule has 1 unspecified atom stereocenters. The van der Waals surface area contributed by atoms with Crippen LogP contribution in [0.3, 0.4) is 0 Å². The lowest BCUT2D eigenvalue weighted by molar-refractivity contribution is -0.127. The van der Waals surface area contributed by atoms with Crippen LogP contribution in [0, 0.1) is 11.8 Å². The van der Waals surface area contributed by atoms with Crippen molar-refractivity contribution in [1.82, 2.24) is 10.0 Å². The Hall–Kier alpha value is -1.70. The summed E-state index contributed by atoms with van der Waals surface area (Å²) >= 11 is 1.23. The number of rotatable bonds is 6. The third-order valence-corrected chi connectivity index (χ3v) is 9.05. The van der Waals surface area contributed by atoms with Gasteiger partial charge in [-0.15, -0.1) is 11.3 Å². The zero-order chi connectivity index (χ0) is 20.3. The van der Waals surface area contributed by atoms with E-state index in [4.69, 9.17) is 0 Å². The average molecular weight is 433 g/mol. The van der Waals surface area contributed by atoms with E-state index in [1.165, 1.54) is 22.5 Å². The smallest absolute Gasteiger partial charge is 0.250 e. The largest absolute Gasteiger partial charge is 0.349 e. The van der Waals surface area contributed by atoms with E-state index in [-0.39, 0.29) is 17.9 Å². The Bertz CT molecular complexity index is 933. The number of fused-ring (bicyclic) bond motifs is 1. The van der Waals surface area contributed by atoms with E-state index in [0.717, 1.165) is 44.9 Å². The van der Waals surface area contributed by atoms with Crippen molar-refractivity contribution in [3.05, 3.63) is 52.9 Å². The number of amides is 1. The monoisotopic (exact) mass is 432 g/mol. The van der Waals surface area contributed by atoms with Crippen molar-refractivity contribution in [1.29, 1.82) is 0 Å². The molecule has 1 aromatic carbocycles. The van der Waals surface area contributed by atoms with Gasteiger partial charge < -0.3 is 5.32 Å². The predicted molar refractivity (Wildman–Crippen MR) is 115 cm³/mol. The van der Waals surface area contributed by atoms with Crippen molar-refractivity contribution in [2.24, 2.45) is 11.8 Å². The van der Waals surface area contributed by atoms with Gasteiger partial charge in [0.1, 0.15) is 4.21 Å². The first-order valence-electron chi connectivity index (χ1n) is 10.4. The Morgan fingerprint density at radius 2 is 1.83 bits per heavy atom. The van der Waals surface area contributed by atoms with Gasteiger partial charge in [-0.2, -0.15) is 0 Å². The molecular formula is C22H28N2O3S2. The number of carbonyl (C=O) groups is 1. The van der Waals surface area contributed by atoms with Crippen LogP contribution < -0.4 is 10.0 Å². The quantitative estimate of drug-likeness (QED) is 0.724. The molecule has 2 aliphatic carbocycles. The number of hydrogen-bond acceptors (Lipinski definition) is 4. The van der Waals surface area contributed by atoms with Crippen molar-refractivity contribution in [2.45, 2.75) is 55.2 Å². The number of thiophene rings is 1. The molecule has 0 saturated heterocycles. The fraction of sp³-hybridized carbons (Fsp3) is 0.500. The molecule has 1 fully saturated rings. The molecule has 5 nitrogen and oxygen atoms in total. The first-order chi connectivity index (χ1) is 14.0. The lowest BCUT2D eigenvalue weighted by Gasteiger charge is -2.31. The van der Waals surface area contributed by atoms with Gasteiger partial charge in [0.15, 0.2) is 0 Å². The van der Waals surface area contributed by atoms with Crippen molar-refractivity contribution in [3.63, 3.8) is 0 Å². The third kappa shape index (κ3) is 4.90. The molecule has 0 radical (unpaired) electrons. The molecule has 0 spiro atoms. The second-order valence-corrected chi connectivity index (χ2v) is 11.1. The molecule has 1 amide bonds. The van der Waals surface area contributed by atoms with E-state index in [0.29, 0.717) is 16.7 Å². The Morgan fingerprint density at radius 1 is 1.03 bits per heavy atom. The molecule has 4 rings (SSSR count). The molecule has 0 aliphatic heterocycles. The maximum atomic E-state index is 12.8. The molecule has 2 aliphatic rings. The van der Waals surface area contributed by atoms with Crippen LogP contribution in [-0.2, 0) is 21.2 Å². The van der Waals surface area contributed by atoms with Crippen molar-refractivity contribution >= 4 is 27.3 Å². The molecule has 1 atom stereocenters. The van der Waals surface area contributed by atoms with Gasteiger partial charge in [-0.3, -0.25) is 4.79 Å². The van der Waals surface area contributed by atoms with Gasteiger partial charge in [0.25, 0.3) is 0 Å². The van der Waals surface area contributed by atoms with Crippen LogP contribution in [0.15, 0.2) is 46.0 Å². The molecule has 1 aromatic heterocycles. The highest BCUT2D eigenvalue weighted by Gasteiger charge is 2.30. The lowest BCUT2D eigenvalue weighted by Crippen LogP contribution is -2.38. The Balaban J connectivity index is 1.26. The SMILES string of the molecule is O=C(NC1CCCc2ccccc21)C1CCC(CNS(=O)(=O)c2cccs2)CC1. The predicted octanol–water partition coefficient (Wildman–Crippen LogP) is 4.03. The third-order valence-electron chi connectivity index (χ3n) is 6.23. The zero-order valence-electron chi connectivity index (χ0n) is 16.5. The van der Waals surface area contributed by atoms with E-state index in [1.807, 2.05) is 6.07 Å². The minimum Gasteiger partial charge on any atom is -0.349 e. The highest BCUT2D eigenvalue weighted by Crippen LogP contribution is 2.32. The minimum atomic E-state index is -3.40. The van der Waals surface area contributed by atoms with Crippen LogP contribution in [0.2, 0.25) is 0 Å². The van der Waals surface area contributed by atoms with Gasteiger partial charge in [0.05, 0.1) is 6.04 Å². The molecule has 1 heterocycles. The van der Waals surface area contributed by atoms with Gasteiger partial charge in [-0.25, -0.2) is 13.1 Å². The summed E-state index contributed by atoms with van der Waals surface area (Å²) in [5.41, 5.74) is 2.62. The van der Waals surface area contributed by atoms with Crippen LogP contribution in [0.4, 0.5) is 0 Å². The molecule has 7 heteroatoms. The summed E-state index contributed by atoms with van der Waals surface area (Å²) in [5.74, 6) is 0.489. The fourth-order valence-corrected chi connectivity index (χ4v) is 6.69. The summed E-state index contributed by atoms with van der Waals surface area (Å²) in [7, 11) is -3.40. The van der Waals surface area contributed by atoms with Gasteiger partial charge in [0.2, 0.25) is 15.9 Å². The normalized spacial score (nSPS) is 24.6. The molecule has 1 saturated carbocycles. The first-order valence-corrected chi connectivity index (χ1v) is 12.8. The second-order valence-electron chi connectivity index (χ2n) is 8.15. The Kier molecular flexibility index (Phi) is 6.37. The van der Waals surface area contributed by atoms with E-state index in [1.54, 1.807) is 17.5 Å². The molecule has 2 aromatic rings. The van der Waals surface area contributed by atoms with Crippen LogP contribution in [0.25, 0.3) is 0 Å². The summed E-state index contributed by atoms with van der Waals surface area (Å²) in [4.78, 5) is 12.8. The second kappa shape index (κ2) is 8.98. The maximum absolute atomic E-state index is 12.8. The highest BCUT2D eigenvalue weighted by atomic mass is 32.2. The maximum Gasteiger partial charge on any atom is 0.250 e. The highest BCUT2D eigenvalue weighted by molar-refractivity contribution is 7.91. The van der Waals surface area contributed by atoms with Crippen molar-refractivity contribution in [2.75, 3.05) is 6.54 Å². The molecule has 0 bridgehead atoms. The summed E-state index contributed by atoms with van der Waals surface area (Å²) in [5, 5.41) is 5.05. The fourth-order valence-electron chi connectivity index (χ4n) is 4.54. The van der Waals surface area contributed by atoms with Crippen LogP contribution in [0.5, 0.6) is 0 Å². The standard InChI is InChI=1S/C22H28N2O3S2/c25-22(24-20-8-3-6-17-5-1-2-7-19(17)20)18-12-10-16(11-13-18)15-23-29(26,27)21-9-4-14-28-21/h1-2,4-5,7,9,14,16,18,20,23H,3,6,8,10-13,15H2,(H,24,25).